The lowest BCUT2D eigenvalue weighted by Crippen LogP contribution is -2.46. The summed E-state index contributed by atoms with van der Waals surface area (Å²) in [7, 11) is 0. The minimum Gasteiger partial charge on any atom is -0.494 e. The van der Waals surface area contributed by atoms with Crippen molar-refractivity contribution in [2.24, 2.45) is 0 Å². The van der Waals surface area contributed by atoms with Gasteiger partial charge in [-0.15, -0.1) is 0 Å². The second-order valence-corrected chi connectivity index (χ2v) is 7.69. The van der Waals surface area contributed by atoms with Crippen LogP contribution in [0.1, 0.15) is 12.5 Å². The Morgan fingerprint density at radius 3 is 2.39 bits per heavy atom. The smallest absolute Gasteiger partial charge is 0.353 e. The van der Waals surface area contributed by atoms with E-state index in [0.717, 1.165) is 19.6 Å². The molecule has 2 aromatic carbocycles. The number of nitrogens with zero attached hydrogens (tertiary/aromatic N) is 5. The second kappa shape index (κ2) is 10.1. The molecule has 172 valence electrons. The molecule has 10 nitrogen and oxygen atoms in total. The van der Waals surface area contributed by atoms with Crippen molar-refractivity contribution in [2.45, 2.75) is 13.5 Å². The number of rotatable bonds is 8. The van der Waals surface area contributed by atoms with Crippen LogP contribution in [-0.2, 0) is 6.54 Å². The molecule has 0 unspecified atom stereocenters. The van der Waals surface area contributed by atoms with Crippen LogP contribution in [0.2, 0.25) is 0 Å². The molecular formula is C23H27N7O3. The summed E-state index contributed by atoms with van der Waals surface area (Å²) in [6.45, 7) is 6.40. The minimum absolute atomic E-state index is 0.0679. The van der Waals surface area contributed by atoms with Gasteiger partial charge in [0.2, 0.25) is 17.6 Å². The van der Waals surface area contributed by atoms with Crippen molar-refractivity contribution in [3.63, 3.8) is 0 Å². The molecule has 1 fully saturated rings. The Labute approximate surface area is 192 Å². The molecular weight excluding hydrogens is 422 g/mol. The molecule has 1 aromatic heterocycles. The topological polar surface area (TPSA) is 123 Å². The number of nitro groups is 1. The molecule has 4 rings (SSSR count). The Kier molecular flexibility index (Phi) is 6.84. The maximum Gasteiger partial charge on any atom is 0.353 e. The lowest BCUT2D eigenvalue weighted by molar-refractivity contribution is -0.383. The first-order valence-corrected chi connectivity index (χ1v) is 10.9. The Bertz CT molecular complexity index is 1090. The molecule has 3 aromatic rings. The van der Waals surface area contributed by atoms with Crippen LogP contribution in [0.15, 0.2) is 54.6 Å². The molecule has 0 bridgehead atoms. The maximum absolute atomic E-state index is 11.6. The SMILES string of the molecule is CCOc1ccc(Nc2nc(N3CCN(Cc4ccccc4)CC3)nc(N)c2[N+](=O)[O-])cc1. The summed E-state index contributed by atoms with van der Waals surface area (Å²) in [5.41, 5.74) is 7.55. The lowest BCUT2D eigenvalue weighted by Gasteiger charge is -2.34. The van der Waals surface area contributed by atoms with Crippen molar-refractivity contribution in [2.75, 3.05) is 48.7 Å². The zero-order valence-corrected chi connectivity index (χ0v) is 18.5. The van der Waals surface area contributed by atoms with E-state index in [2.05, 4.69) is 32.3 Å². The number of hydrogen-bond acceptors (Lipinski definition) is 9. The highest BCUT2D eigenvalue weighted by Gasteiger charge is 2.27. The van der Waals surface area contributed by atoms with Gasteiger partial charge in [-0.25, -0.2) is 0 Å². The van der Waals surface area contributed by atoms with Crippen molar-refractivity contribution < 1.29 is 9.66 Å². The number of aromatic nitrogens is 2. The van der Waals surface area contributed by atoms with Crippen molar-refractivity contribution in [3.8, 4) is 5.75 Å². The van der Waals surface area contributed by atoms with E-state index in [1.807, 2.05) is 30.0 Å². The zero-order chi connectivity index (χ0) is 23.2. The summed E-state index contributed by atoms with van der Waals surface area (Å²) in [4.78, 5) is 24.2. The Morgan fingerprint density at radius 1 is 1.06 bits per heavy atom. The molecule has 1 saturated heterocycles. The highest BCUT2D eigenvalue weighted by molar-refractivity contribution is 5.74. The largest absolute Gasteiger partial charge is 0.494 e. The van der Waals surface area contributed by atoms with Gasteiger partial charge in [0.25, 0.3) is 0 Å². The Morgan fingerprint density at radius 2 is 1.76 bits per heavy atom. The van der Waals surface area contributed by atoms with Crippen LogP contribution < -0.4 is 20.7 Å². The number of anilines is 4. The van der Waals surface area contributed by atoms with Gasteiger partial charge in [-0.1, -0.05) is 30.3 Å². The van der Waals surface area contributed by atoms with Gasteiger partial charge in [-0.05, 0) is 36.8 Å². The molecule has 0 saturated carbocycles. The highest BCUT2D eigenvalue weighted by atomic mass is 16.6. The van der Waals surface area contributed by atoms with Crippen molar-refractivity contribution >= 4 is 29.0 Å². The van der Waals surface area contributed by atoms with Crippen LogP contribution in [0.5, 0.6) is 5.75 Å². The van der Waals surface area contributed by atoms with Crippen LogP contribution in [0.3, 0.4) is 0 Å². The van der Waals surface area contributed by atoms with Gasteiger partial charge in [-0.2, -0.15) is 9.97 Å². The molecule has 0 atom stereocenters. The fraction of sp³-hybridized carbons (Fsp3) is 0.304. The minimum atomic E-state index is -0.562. The number of nitrogens with one attached hydrogen (secondary N) is 1. The fourth-order valence-electron chi connectivity index (χ4n) is 3.75. The number of benzene rings is 2. The summed E-state index contributed by atoms with van der Waals surface area (Å²) in [5, 5.41) is 14.7. The Hall–Kier alpha value is -3.92. The standard InChI is InChI=1S/C23H27N7O3/c1-2-33-19-10-8-18(9-11-19)25-22-20(30(31)32)21(24)26-23(27-22)29-14-12-28(13-15-29)16-17-6-4-3-5-7-17/h3-11H,2,12-16H2,1H3,(H3,24,25,26,27). The van der Waals surface area contributed by atoms with Gasteiger partial charge in [0.15, 0.2) is 0 Å². The van der Waals surface area contributed by atoms with Crippen molar-refractivity contribution in [1.82, 2.24) is 14.9 Å². The average molecular weight is 450 g/mol. The first kappa shape index (κ1) is 22.3. The van der Waals surface area contributed by atoms with Crippen molar-refractivity contribution in [1.29, 1.82) is 0 Å². The molecule has 33 heavy (non-hydrogen) atoms. The molecule has 1 aliphatic rings. The van der Waals surface area contributed by atoms with Gasteiger partial charge in [0.1, 0.15) is 5.75 Å². The van der Waals surface area contributed by atoms with Crippen LogP contribution in [0.25, 0.3) is 0 Å². The third kappa shape index (κ3) is 5.47. The van der Waals surface area contributed by atoms with Crippen LogP contribution >= 0.6 is 0 Å². The molecule has 1 aliphatic heterocycles. The lowest BCUT2D eigenvalue weighted by atomic mass is 10.2. The van der Waals surface area contributed by atoms with Crippen molar-refractivity contribution in [3.05, 3.63) is 70.3 Å². The third-order valence-corrected chi connectivity index (χ3v) is 5.41. The summed E-state index contributed by atoms with van der Waals surface area (Å²) in [6, 6.07) is 17.4. The number of nitrogen functional groups attached to an aromatic ring is 1. The average Bonchev–Trinajstić information content (AvgIpc) is 2.81. The zero-order valence-electron chi connectivity index (χ0n) is 18.5. The van der Waals surface area contributed by atoms with Gasteiger partial charge in [0, 0.05) is 38.4 Å². The predicted octanol–water partition coefficient (Wildman–Crippen LogP) is 3.43. The van der Waals surface area contributed by atoms with Gasteiger partial charge in [-0.3, -0.25) is 15.0 Å². The van der Waals surface area contributed by atoms with E-state index < -0.39 is 4.92 Å². The van der Waals surface area contributed by atoms with Crippen LogP contribution in [0, 0.1) is 10.1 Å². The first-order chi connectivity index (χ1) is 16.0. The van der Waals surface area contributed by atoms with Crippen LogP contribution in [-0.4, -0.2) is 52.6 Å². The molecule has 10 heteroatoms. The molecule has 3 N–H and O–H groups in total. The Balaban J connectivity index is 1.50. The number of ether oxygens (including phenoxy) is 1. The summed E-state index contributed by atoms with van der Waals surface area (Å²) >= 11 is 0. The number of hydrogen-bond donors (Lipinski definition) is 2. The normalized spacial score (nSPS) is 14.2. The van der Waals surface area contributed by atoms with E-state index in [-0.39, 0.29) is 17.3 Å². The van der Waals surface area contributed by atoms with Gasteiger partial charge < -0.3 is 20.7 Å². The van der Waals surface area contributed by atoms with E-state index in [1.54, 1.807) is 24.3 Å². The molecule has 0 spiro atoms. The van der Waals surface area contributed by atoms with Crippen LogP contribution in [0.4, 0.5) is 29.0 Å². The van der Waals surface area contributed by atoms with E-state index in [0.29, 0.717) is 37.1 Å². The number of nitrogens with two attached hydrogens (primary N) is 1. The first-order valence-electron chi connectivity index (χ1n) is 10.9. The van der Waals surface area contributed by atoms with Gasteiger partial charge >= 0.3 is 5.69 Å². The molecule has 2 heterocycles. The molecule has 0 aliphatic carbocycles. The third-order valence-electron chi connectivity index (χ3n) is 5.41. The van der Waals surface area contributed by atoms with E-state index >= 15 is 0 Å². The monoisotopic (exact) mass is 449 g/mol. The van der Waals surface area contributed by atoms with E-state index in [9.17, 15) is 10.1 Å². The fourth-order valence-corrected chi connectivity index (χ4v) is 3.75. The quantitative estimate of drug-likeness (QED) is 0.393. The number of piperazine rings is 1. The molecule has 0 radical (unpaired) electrons. The summed E-state index contributed by atoms with van der Waals surface area (Å²) < 4.78 is 5.44. The summed E-state index contributed by atoms with van der Waals surface area (Å²) in [5.74, 6) is 1.00. The second-order valence-electron chi connectivity index (χ2n) is 7.69. The molecule has 0 amide bonds. The highest BCUT2D eigenvalue weighted by Crippen LogP contribution is 2.33. The predicted molar refractivity (Wildman–Crippen MR) is 128 cm³/mol. The van der Waals surface area contributed by atoms with Gasteiger partial charge in [0.05, 0.1) is 11.5 Å². The van der Waals surface area contributed by atoms with E-state index in [1.165, 1.54) is 5.56 Å². The van der Waals surface area contributed by atoms with E-state index in [4.69, 9.17) is 10.5 Å². The maximum atomic E-state index is 11.6. The summed E-state index contributed by atoms with van der Waals surface area (Å²) in [6.07, 6.45) is 0.